The van der Waals surface area contributed by atoms with E-state index >= 15 is 0 Å². The maximum atomic E-state index is 13.0. The predicted molar refractivity (Wildman–Crippen MR) is 84.1 cm³/mol. The highest BCUT2D eigenvalue weighted by Crippen LogP contribution is 2.50. The molecule has 1 aromatic rings. The normalized spacial score (nSPS) is 32.0. The Hall–Kier alpha value is -1.64. The van der Waals surface area contributed by atoms with Crippen molar-refractivity contribution in [3.05, 3.63) is 35.9 Å². The van der Waals surface area contributed by atoms with Gasteiger partial charge in [-0.25, -0.2) is 0 Å². The predicted octanol–water partition coefficient (Wildman–Crippen LogP) is 3.28. The van der Waals surface area contributed by atoms with Crippen LogP contribution >= 0.6 is 0 Å². The van der Waals surface area contributed by atoms with Gasteiger partial charge in [0.15, 0.2) is 0 Å². The van der Waals surface area contributed by atoms with Gasteiger partial charge in [0.2, 0.25) is 11.8 Å². The van der Waals surface area contributed by atoms with Gasteiger partial charge in [0.05, 0.1) is 0 Å². The minimum absolute atomic E-state index is 0.0000926. The number of benzene rings is 1. The molecule has 0 radical (unpaired) electrons. The monoisotopic (exact) mass is 297 g/mol. The lowest BCUT2D eigenvalue weighted by molar-refractivity contribution is -0.158. The number of nitrogens with zero attached hydrogens (tertiary/aromatic N) is 1. The molecule has 116 valence electrons. The summed E-state index contributed by atoms with van der Waals surface area (Å²) in [6.45, 7) is 0.666. The van der Waals surface area contributed by atoms with Gasteiger partial charge in [0.1, 0.15) is 0 Å². The van der Waals surface area contributed by atoms with E-state index in [4.69, 9.17) is 0 Å². The number of likely N-dealkylation sites (tertiary alicyclic amines) is 1. The lowest BCUT2D eigenvalue weighted by Gasteiger charge is -2.49. The van der Waals surface area contributed by atoms with Crippen molar-refractivity contribution in [1.29, 1.82) is 0 Å². The summed E-state index contributed by atoms with van der Waals surface area (Å²) in [4.78, 5) is 27.3. The summed E-state index contributed by atoms with van der Waals surface area (Å²) in [5.74, 6) is 0.728. The lowest BCUT2D eigenvalue weighted by Crippen LogP contribution is -2.57. The summed E-state index contributed by atoms with van der Waals surface area (Å²) >= 11 is 0. The fourth-order valence-electron chi connectivity index (χ4n) is 4.46. The van der Waals surface area contributed by atoms with E-state index in [1.54, 1.807) is 4.90 Å². The zero-order chi connectivity index (χ0) is 15.2. The average Bonchev–Trinajstić information content (AvgIpc) is 3.36. The van der Waals surface area contributed by atoms with Crippen molar-refractivity contribution in [2.45, 2.75) is 50.4 Å². The molecule has 3 aliphatic rings. The van der Waals surface area contributed by atoms with Crippen molar-refractivity contribution in [1.82, 2.24) is 4.90 Å². The highest BCUT2D eigenvalue weighted by molar-refractivity contribution is 6.01. The molecule has 2 aliphatic carbocycles. The van der Waals surface area contributed by atoms with Crippen molar-refractivity contribution in [3.8, 4) is 0 Å². The maximum absolute atomic E-state index is 13.0. The van der Waals surface area contributed by atoms with E-state index in [1.165, 1.54) is 18.4 Å². The molecule has 0 unspecified atom stereocenters. The molecular formula is C19H23NO2. The first kappa shape index (κ1) is 14.0. The lowest BCUT2D eigenvalue weighted by atomic mass is 9.58. The molecule has 3 heteroatoms. The Morgan fingerprint density at radius 2 is 1.82 bits per heavy atom. The van der Waals surface area contributed by atoms with Gasteiger partial charge >= 0.3 is 0 Å². The van der Waals surface area contributed by atoms with Gasteiger partial charge in [-0.2, -0.15) is 0 Å². The van der Waals surface area contributed by atoms with Crippen LogP contribution in [0.4, 0.5) is 0 Å². The minimum atomic E-state index is -0.242. The van der Waals surface area contributed by atoms with Crippen molar-refractivity contribution >= 4 is 11.8 Å². The maximum Gasteiger partial charge on any atom is 0.233 e. The van der Waals surface area contributed by atoms with Crippen LogP contribution in [-0.4, -0.2) is 23.3 Å². The average molecular weight is 297 g/mol. The third-order valence-corrected chi connectivity index (χ3v) is 5.85. The van der Waals surface area contributed by atoms with Gasteiger partial charge in [-0.1, -0.05) is 43.2 Å². The molecule has 4 rings (SSSR count). The van der Waals surface area contributed by atoms with Crippen LogP contribution in [0.3, 0.4) is 0 Å². The molecule has 1 aliphatic heterocycles. The van der Waals surface area contributed by atoms with Crippen LogP contribution in [0.25, 0.3) is 0 Å². The summed E-state index contributed by atoms with van der Waals surface area (Å²) in [6, 6.07) is 10.3. The summed E-state index contributed by atoms with van der Waals surface area (Å²) < 4.78 is 0. The van der Waals surface area contributed by atoms with Gasteiger partial charge in [-0.3, -0.25) is 14.5 Å². The van der Waals surface area contributed by atoms with Crippen LogP contribution < -0.4 is 0 Å². The fourth-order valence-corrected chi connectivity index (χ4v) is 4.46. The second-order valence-corrected chi connectivity index (χ2v) is 7.28. The number of fused-ring (bicyclic) bond motifs is 1. The zero-order valence-electron chi connectivity index (χ0n) is 13.0. The molecular weight excluding hydrogens is 274 g/mol. The Bertz CT molecular complexity index is 593. The molecule has 0 spiro atoms. The van der Waals surface area contributed by atoms with Crippen LogP contribution in [0, 0.1) is 11.8 Å². The molecule has 1 saturated heterocycles. The molecule has 2 atom stereocenters. The van der Waals surface area contributed by atoms with Gasteiger partial charge in [-0.05, 0) is 37.2 Å². The second kappa shape index (κ2) is 5.22. The van der Waals surface area contributed by atoms with Gasteiger partial charge in [-0.15, -0.1) is 0 Å². The third kappa shape index (κ3) is 2.18. The summed E-state index contributed by atoms with van der Waals surface area (Å²) in [5, 5.41) is 0. The third-order valence-electron chi connectivity index (χ3n) is 5.85. The second-order valence-electron chi connectivity index (χ2n) is 7.28. The largest absolute Gasteiger partial charge is 0.282 e. The number of hydrogen-bond acceptors (Lipinski definition) is 2. The number of rotatable bonds is 3. The molecule has 2 amide bonds. The standard InChI is InChI=1S/C19H23NO2/c21-17-12-19(15-6-2-1-3-7-15)11-5-4-8-16(19)18(22)20(17)13-14-9-10-14/h1-3,6-7,14,16H,4-5,8-13H2/t16-,19-/m1/s1. The van der Waals surface area contributed by atoms with Crippen LogP contribution in [-0.2, 0) is 15.0 Å². The number of hydrogen-bond donors (Lipinski definition) is 0. The first-order valence-corrected chi connectivity index (χ1v) is 8.60. The molecule has 2 saturated carbocycles. The van der Waals surface area contributed by atoms with Gasteiger partial charge in [0, 0.05) is 24.3 Å². The minimum Gasteiger partial charge on any atom is -0.282 e. The van der Waals surface area contributed by atoms with Crippen molar-refractivity contribution in [3.63, 3.8) is 0 Å². The Morgan fingerprint density at radius 3 is 2.55 bits per heavy atom. The van der Waals surface area contributed by atoms with E-state index in [9.17, 15) is 9.59 Å². The van der Waals surface area contributed by atoms with Crippen molar-refractivity contribution in [2.24, 2.45) is 11.8 Å². The first-order valence-electron chi connectivity index (χ1n) is 8.60. The number of carbonyl (C=O) groups excluding carboxylic acids is 2. The molecule has 1 heterocycles. The Morgan fingerprint density at radius 1 is 1.05 bits per heavy atom. The zero-order valence-corrected chi connectivity index (χ0v) is 13.0. The number of piperidine rings is 1. The topological polar surface area (TPSA) is 37.4 Å². The Balaban J connectivity index is 1.70. The van der Waals surface area contributed by atoms with Crippen LogP contribution in [0.15, 0.2) is 30.3 Å². The highest BCUT2D eigenvalue weighted by Gasteiger charge is 2.53. The fraction of sp³-hybridized carbons (Fsp3) is 0.579. The molecule has 1 aromatic carbocycles. The van der Waals surface area contributed by atoms with Crippen LogP contribution in [0.2, 0.25) is 0 Å². The van der Waals surface area contributed by atoms with Gasteiger partial charge < -0.3 is 0 Å². The van der Waals surface area contributed by atoms with E-state index in [-0.39, 0.29) is 23.1 Å². The number of amides is 2. The van der Waals surface area contributed by atoms with E-state index < -0.39 is 0 Å². The molecule has 0 N–H and O–H groups in total. The molecule has 3 fully saturated rings. The van der Waals surface area contributed by atoms with Crippen LogP contribution in [0.5, 0.6) is 0 Å². The molecule has 0 aromatic heterocycles. The van der Waals surface area contributed by atoms with Gasteiger partial charge in [0.25, 0.3) is 0 Å². The molecule has 3 nitrogen and oxygen atoms in total. The number of carbonyl (C=O) groups is 2. The van der Waals surface area contributed by atoms with E-state index in [0.29, 0.717) is 18.9 Å². The van der Waals surface area contributed by atoms with E-state index in [1.807, 2.05) is 18.2 Å². The number of imide groups is 1. The SMILES string of the molecule is O=C1C[C@@]2(c3ccccc3)CCCC[C@@H]2C(=O)N1CC1CC1. The van der Waals surface area contributed by atoms with Crippen molar-refractivity contribution in [2.75, 3.05) is 6.54 Å². The van der Waals surface area contributed by atoms with E-state index in [2.05, 4.69) is 12.1 Å². The van der Waals surface area contributed by atoms with E-state index in [0.717, 1.165) is 25.7 Å². The summed E-state index contributed by atoms with van der Waals surface area (Å²) in [5.41, 5.74) is 0.945. The Labute approximate surface area is 131 Å². The van der Waals surface area contributed by atoms with Crippen LogP contribution in [0.1, 0.15) is 50.5 Å². The molecule has 0 bridgehead atoms. The Kier molecular flexibility index (Phi) is 3.32. The smallest absolute Gasteiger partial charge is 0.233 e. The van der Waals surface area contributed by atoms with Crippen molar-refractivity contribution < 1.29 is 9.59 Å². The first-order chi connectivity index (χ1) is 10.7. The summed E-state index contributed by atoms with van der Waals surface area (Å²) in [7, 11) is 0. The summed E-state index contributed by atoms with van der Waals surface area (Å²) in [6.07, 6.45) is 6.99. The highest BCUT2D eigenvalue weighted by atomic mass is 16.2. The molecule has 22 heavy (non-hydrogen) atoms. The quantitative estimate of drug-likeness (QED) is 0.803.